The largest absolute Gasteiger partial charge is 0.333 e. The summed E-state index contributed by atoms with van der Waals surface area (Å²) in [7, 11) is 0. The molecule has 0 saturated heterocycles. The molecule has 0 unspecified atom stereocenters. The maximum atomic E-state index is 4.52. The van der Waals surface area contributed by atoms with Gasteiger partial charge in [-0.25, -0.2) is 4.98 Å². The first-order chi connectivity index (χ1) is 10.4. The molecule has 2 nitrogen and oxygen atoms in total. The fraction of sp³-hybridized carbons (Fsp3) is 0.526. The Balaban J connectivity index is 1.64. The highest BCUT2D eigenvalue weighted by Crippen LogP contribution is 2.10. The SMILES string of the molecule is CCCCCCCCCc1cn(Cc2ccccc2)cn1. The summed E-state index contributed by atoms with van der Waals surface area (Å²) in [5.41, 5.74) is 2.57. The van der Waals surface area contributed by atoms with E-state index in [1.165, 1.54) is 56.2 Å². The van der Waals surface area contributed by atoms with E-state index in [0.29, 0.717) is 0 Å². The zero-order valence-corrected chi connectivity index (χ0v) is 13.3. The van der Waals surface area contributed by atoms with Gasteiger partial charge in [0.15, 0.2) is 0 Å². The number of unbranched alkanes of at least 4 members (excludes halogenated alkanes) is 6. The predicted octanol–water partition coefficient (Wildman–Crippen LogP) is 5.22. The lowest BCUT2D eigenvalue weighted by molar-refractivity contribution is 0.587. The van der Waals surface area contributed by atoms with E-state index >= 15 is 0 Å². The molecule has 0 radical (unpaired) electrons. The Labute approximate surface area is 129 Å². The van der Waals surface area contributed by atoms with Gasteiger partial charge in [-0.15, -0.1) is 0 Å². The van der Waals surface area contributed by atoms with Crippen molar-refractivity contribution >= 4 is 0 Å². The monoisotopic (exact) mass is 284 g/mol. The summed E-state index contributed by atoms with van der Waals surface area (Å²) in [5, 5.41) is 0. The molecule has 0 N–H and O–H groups in total. The third kappa shape index (κ3) is 6.16. The van der Waals surface area contributed by atoms with Gasteiger partial charge in [-0.2, -0.15) is 0 Å². The van der Waals surface area contributed by atoms with Crippen molar-refractivity contribution in [3.63, 3.8) is 0 Å². The highest BCUT2D eigenvalue weighted by Gasteiger charge is 2.00. The summed E-state index contributed by atoms with van der Waals surface area (Å²) in [4.78, 5) is 4.52. The average molecular weight is 284 g/mol. The number of hydrogen-bond donors (Lipinski definition) is 0. The van der Waals surface area contributed by atoms with Crippen molar-refractivity contribution in [1.82, 2.24) is 9.55 Å². The summed E-state index contributed by atoms with van der Waals surface area (Å²) in [6.07, 6.45) is 14.8. The first kappa shape index (κ1) is 15.8. The highest BCUT2D eigenvalue weighted by molar-refractivity contribution is 5.15. The lowest BCUT2D eigenvalue weighted by Gasteiger charge is -2.01. The molecule has 0 aliphatic carbocycles. The van der Waals surface area contributed by atoms with E-state index in [9.17, 15) is 0 Å². The summed E-state index contributed by atoms with van der Waals surface area (Å²) in [6.45, 7) is 3.19. The van der Waals surface area contributed by atoms with Crippen molar-refractivity contribution in [2.45, 2.75) is 64.8 Å². The lowest BCUT2D eigenvalue weighted by atomic mass is 10.1. The van der Waals surface area contributed by atoms with Crippen molar-refractivity contribution in [2.75, 3.05) is 0 Å². The summed E-state index contributed by atoms with van der Waals surface area (Å²) < 4.78 is 2.19. The molecule has 2 heteroatoms. The van der Waals surface area contributed by atoms with Crippen molar-refractivity contribution in [3.05, 3.63) is 54.1 Å². The number of aryl methyl sites for hydroxylation is 1. The van der Waals surface area contributed by atoms with Gasteiger partial charge in [-0.05, 0) is 18.4 Å². The Morgan fingerprint density at radius 2 is 1.62 bits per heavy atom. The molecule has 1 aromatic carbocycles. The second-order valence-electron chi connectivity index (χ2n) is 5.89. The number of imidazole rings is 1. The Morgan fingerprint density at radius 3 is 2.38 bits per heavy atom. The molecule has 0 saturated carbocycles. The number of rotatable bonds is 10. The quantitative estimate of drug-likeness (QED) is 0.547. The van der Waals surface area contributed by atoms with Crippen LogP contribution in [-0.2, 0) is 13.0 Å². The molecule has 21 heavy (non-hydrogen) atoms. The van der Waals surface area contributed by atoms with Gasteiger partial charge in [0.2, 0.25) is 0 Å². The first-order valence-corrected chi connectivity index (χ1v) is 8.43. The molecule has 114 valence electrons. The van der Waals surface area contributed by atoms with Crippen LogP contribution >= 0.6 is 0 Å². The summed E-state index contributed by atoms with van der Waals surface area (Å²) >= 11 is 0. The van der Waals surface area contributed by atoms with Gasteiger partial charge in [-0.3, -0.25) is 0 Å². The molecule has 0 fully saturated rings. The van der Waals surface area contributed by atoms with Crippen LogP contribution in [0.25, 0.3) is 0 Å². The Hall–Kier alpha value is -1.57. The van der Waals surface area contributed by atoms with Gasteiger partial charge >= 0.3 is 0 Å². The number of benzene rings is 1. The third-order valence-corrected chi connectivity index (χ3v) is 3.93. The van der Waals surface area contributed by atoms with Crippen molar-refractivity contribution in [2.24, 2.45) is 0 Å². The van der Waals surface area contributed by atoms with Crippen LogP contribution in [0.4, 0.5) is 0 Å². The van der Waals surface area contributed by atoms with Crippen LogP contribution in [0.15, 0.2) is 42.9 Å². The first-order valence-electron chi connectivity index (χ1n) is 8.43. The van der Waals surface area contributed by atoms with Crippen LogP contribution in [0.2, 0.25) is 0 Å². The smallest absolute Gasteiger partial charge is 0.0952 e. The highest BCUT2D eigenvalue weighted by atomic mass is 15.0. The minimum Gasteiger partial charge on any atom is -0.333 e. The Morgan fingerprint density at radius 1 is 0.905 bits per heavy atom. The molecule has 0 atom stereocenters. The molecule has 0 amide bonds. The second kappa shape index (κ2) is 9.38. The molecule has 1 aromatic heterocycles. The maximum absolute atomic E-state index is 4.52. The van der Waals surface area contributed by atoms with Gasteiger partial charge in [0.25, 0.3) is 0 Å². The molecular weight excluding hydrogens is 256 g/mol. The van der Waals surface area contributed by atoms with Gasteiger partial charge < -0.3 is 4.57 Å². The van der Waals surface area contributed by atoms with Crippen molar-refractivity contribution in [1.29, 1.82) is 0 Å². The zero-order valence-electron chi connectivity index (χ0n) is 13.3. The standard InChI is InChI=1S/C19H28N2/c1-2-3-4-5-6-7-11-14-19-16-21(17-20-19)15-18-12-9-8-10-13-18/h8-10,12-13,16-17H,2-7,11,14-15H2,1H3. The topological polar surface area (TPSA) is 17.8 Å². The van der Waals surface area contributed by atoms with E-state index < -0.39 is 0 Å². The van der Waals surface area contributed by atoms with Crippen LogP contribution in [0, 0.1) is 0 Å². The molecule has 0 aliphatic heterocycles. The van der Waals surface area contributed by atoms with E-state index in [2.05, 4.69) is 53.0 Å². The van der Waals surface area contributed by atoms with Gasteiger partial charge in [0.1, 0.15) is 0 Å². The molecule has 0 spiro atoms. The van der Waals surface area contributed by atoms with Crippen LogP contribution < -0.4 is 0 Å². The van der Waals surface area contributed by atoms with Gasteiger partial charge in [0.05, 0.1) is 12.0 Å². The molecule has 2 aromatic rings. The normalized spacial score (nSPS) is 10.9. The Bertz CT molecular complexity index is 487. The van der Waals surface area contributed by atoms with E-state index in [1.807, 2.05) is 6.33 Å². The number of hydrogen-bond acceptors (Lipinski definition) is 1. The molecule has 2 rings (SSSR count). The number of aromatic nitrogens is 2. The maximum Gasteiger partial charge on any atom is 0.0952 e. The van der Waals surface area contributed by atoms with E-state index in [4.69, 9.17) is 0 Å². The van der Waals surface area contributed by atoms with Crippen molar-refractivity contribution in [3.8, 4) is 0 Å². The summed E-state index contributed by atoms with van der Waals surface area (Å²) in [6, 6.07) is 10.6. The summed E-state index contributed by atoms with van der Waals surface area (Å²) in [5.74, 6) is 0. The van der Waals surface area contributed by atoms with Gasteiger partial charge in [-0.1, -0.05) is 75.8 Å². The molecule has 0 bridgehead atoms. The Kier molecular flexibility index (Phi) is 7.06. The van der Waals surface area contributed by atoms with Crippen LogP contribution in [0.5, 0.6) is 0 Å². The molecule has 1 heterocycles. The zero-order chi connectivity index (χ0) is 14.8. The van der Waals surface area contributed by atoms with E-state index in [-0.39, 0.29) is 0 Å². The van der Waals surface area contributed by atoms with Gasteiger partial charge in [0, 0.05) is 12.7 Å². The van der Waals surface area contributed by atoms with Crippen LogP contribution in [0.3, 0.4) is 0 Å². The predicted molar refractivity (Wildman–Crippen MR) is 89.5 cm³/mol. The average Bonchev–Trinajstić information content (AvgIpc) is 2.95. The lowest BCUT2D eigenvalue weighted by Crippen LogP contribution is -1.95. The molecular formula is C19H28N2. The van der Waals surface area contributed by atoms with E-state index in [0.717, 1.165) is 13.0 Å². The fourth-order valence-corrected chi connectivity index (χ4v) is 2.68. The third-order valence-electron chi connectivity index (χ3n) is 3.93. The minimum absolute atomic E-state index is 0.921. The second-order valence-corrected chi connectivity index (χ2v) is 5.89. The molecule has 0 aliphatic rings. The fourth-order valence-electron chi connectivity index (χ4n) is 2.68. The number of nitrogens with zero attached hydrogens (tertiary/aromatic N) is 2. The van der Waals surface area contributed by atoms with Crippen LogP contribution in [0.1, 0.15) is 63.1 Å². The van der Waals surface area contributed by atoms with E-state index in [1.54, 1.807) is 0 Å². The van der Waals surface area contributed by atoms with Crippen molar-refractivity contribution < 1.29 is 0 Å². The minimum atomic E-state index is 0.921. The van der Waals surface area contributed by atoms with Crippen LogP contribution in [-0.4, -0.2) is 9.55 Å².